The molecule has 0 aliphatic carbocycles. The summed E-state index contributed by atoms with van der Waals surface area (Å²) in [6.45, 7) is 4.31. The molecule has 0 saturated carbocycles. The van der Waals surface area contributed by atoms with Crippen molar-refractivity contribution in [1.82, 2.24) is 25.8 Å². The predicted octanol–water partition coefficient (Wildman–Crippen LogP) is 2.10. The van der Waals surface area contributed by atoms with Crippen LogP contribution in [0.4, 0.5) is 0 Å². The first-order valence-electron chi connectivity index (χ1n) is 11.4. The second-order valence-corrected chi connectivity index (χ2v) is 9.14. The molecule has 172 valence electrons. The third kappa shape index (κ3) is 6.82. The van der Waals surface area contributed by atoms with Crippen molar-refractivity contribution >= 4 is 23.5 Å². The number of guanidine groups is 1. The first-order valence-corrected chi connectivity index (χ1v) is 11.7. The van der Waals surface area contributed by atoms with E-state index in [0.717, 1.165) is 50.0 Å². The molecule has 2 aliphatic rings. The number of likely N-dealkylation sites (tertiary alicyclic amines) is 2. The van der Waals surface area contributed by atoms with Crippen LogP contribution in [0.1, 0.15) is 37.3 Å². The molecule has 3 N–H and O–H groups in total. The third-order valence-corrected chi connectivity index (χ3v) is 6.76. The molecular formula is C23H37ClN6O. The van der Waals surface area contributed by atoms with E-state index in [0.29, 0.717) is 24.5 Å². The molecule has 8 heteroatoms. The molecule has 2 heterocycles. The molecule has 2 unspecified atom stereocenters. The van der Waals surface area contributed by atoms with Gasteiger partial charge < -0.3 is 16.0 Å². The van der Waals surface area contributed by atoms with Gasteiger partial charge >= 0.3 is 0 Å². The van der Waals surface area contributed by atoms with Crippen LogP contribution in [0, 0.1) is 5.92 Å². The van der Waals surface area contributed by atoms with E-state index >= 15 is 0 Å². The Morgan fingerprint density at radius 3 is 2.68 bits per heavy atom. The summed E-state index contributed by atoms with van der Waals surface area (Å²) < 4.78 is 0. The van der Waals surface area contributed by atoms with Crippen molar-refractivity contribution < 1.29 is 4.79 Å². The van der Waals surface area contributed by atoms with Gasteiger partial charge in [0.2, 0.25) is 5.91 Å². The summed E-state index contributed by atoms with van der Waals surface area (Å²) >= 11 is 6.28. The van der Waals surface area contributed by atoms with E-state index in [2.05, 4.69) is 49.9 Å². The van der Waals surface area contributed by atoms with E-state index in [-0.39, 0.29) is 5.91 Å². The summed E-state index contributed by atoms with van der Waals surface area (Å²) in [5.74, 6) is 1.43. The molecule has 0 bridgehead atoms. The lowest BCUT2D eigenvalue weighted by molar-refractivity contribution is -0.122. The lowest BCUT2D eigenvalue weighted by Crippen LogP contribution is -2.51. The zero-order chi connectivity index (χ0) is 22.2. The molecule has 3 rings (SSSR count). The highest BCUT2D eigenvalue weighted by molar-refractivity contribution is 6.30. The number of hydrogen-bond donors (Lipinski definition) is 3. The lowest BCUT2D eigenvalue weighted by atomic mass is 9.85. The van der Waals surface area contributed by atoms with Gasteiger partial charge in [-0.25, -0.2) is 0 Å². The number of benzene rings is 1. The number of nitrogens with one attached hydrogen (secondary N) is 3. The quantitative estimate of drug-likeness (QED) is 0.459. The molecule has 2 saturated heterocycles. The zero-order valence-corrected chi connectivity index (χ0v) is 19.8. The van der Waals surface area contributed by atoms with Crippen molar-refractivity contribution in [3.8, 4) is 0 Å². The van der Waals surface area contributed by atoms with Crippen molar-refractivity contribution in [2.45, 2.75) is 37.8 Å². The minimum atomic E-state index is 0.0793. The highest BCUT2D eigenvalue weighted by atomic mass is 35.5. The van der Waals surface area contributed by atoms with Crippen LogP contribution in [0.2, 0.25) is 5.02 Å². The van der Waals surface area contributed by atoms with Gasteiger partial charge in [0.15, 0.2) is 5.96 Å². The first-order chi connectivity index (χ1) is 15.0. The highest BCUT2D eigenvalue weighted by Crippen LogP contribution is 2.35. The lowest BCUT2D eigenvalue weighted by Gasteiger charge is -2.40. The van der Waals surface area contributed by atoms with Gasteiger partial charge in [0.25, 0.3) is 0 Å². The van der Waals surface area contributed by atoms with Crippen molar-refractivity contribution in [2.75, 3.05) is 53.9 Å². The van der Waals surface area contributed by atoms with Crippen molar-refractivity contribution in [2.24, 2.45) is 10.9 Å². The highest BCUT2D eigenvalue weighted by Gasteiger charge is 2.31. The van der Waals surface area contributed by atoms with Crippen LogP contribution in [-0.4, -0.2) is 81.6 Å². The standard InChI is InChI=1S/C23H37ClN6O/c1-25-21(31)16-30-12-9-20(10-13-30)28-23(26-2)27-15-18-7-5-11-29(3)22(18)17-6-4-8-19(24)14-17/h4,6,8,14,18,20,22H,5,7,9-13,15-16H2,1-3H3,(H,25,31)(H2,26,27,28). The molecule has 0 radical (unpaired) electrons. The van der Waals surface area contributed by atoms with Crippen LogP contribution >= 0.6 is 11.6 Å². The van der Waals surface area contributed by atoms with Crippen molar-refractivity contribution in [3.63, 3.8) is 0 Å². The fourth-order valence-corrected chi connectivity index (χ4v) is 5.02. The zero-order valence-electron chi connectivity index (χ0n) is 19.0. The number of likely N-dealkylation sites (N-methyl/N-ethyl adjacent to an activating group) is 1. The Morgan fingerprint density at radius 2 is 2.00 bits per heavy atom. The van der Waals surface area contributed by atoms with E-state index in [1.54, 1.807) is 7.05 Å². The molecule has 0 spiro atoms. The Bertz CT molecular complexity index is 749. The fraction of sp³-hybridized carbons (Fsp3) is 0.652. The van der Waals surface area contributed by atoms with Gasteiger partial charge in [-0.1, -0.05) is 23.7 Å². The molecule has 0 aromatic heterocycles. The number of carbonyl (C=O) groups is 1. The van der Waals surface area contributed by atoms with E-state index < -0.39 is 0 Å². The van der Waals surface area contributed by atoms with Crippen molar-refractivity contribution in [1.29, 1.82) is 0 Å². The van der Waals surface area contributed by atoms with Gasteiger partial charge in [-0.3, -0.25) is 19.6 Å². The van der Waals surface area contributed by atoms with E-state index in [1.165, 1.54) is 18.4 Å². The van der Waals surface area contributed by atoms with Gasteiger partial charge in [0, 0.05) is 50.8 Å². The predicted molar refractivity (Wildman–Crippen MR) is 128 cm³/mol. The monoisotopic (exact) mass is 448 g/mol. The topological polar surface area (TPSA) is 72.0 Å². The third-order valence-electron chi connectivity index (χ3n) is 6.53. The Morgan fingerprint density at radius 1 is 1.23 bits per heavy atom. The van der Waals surface area contributed by atoms with E-state index in [4.69, 9.17) is 11.6 Å². The average molecular weight is 449 g/mol. The van der Waals surface area contributed by atoms with Crippen LogP contribution < -0.4 is 16.0 Å². The molecule has 31 heavy (non-hydrogen) atoms. The van der Waals surface area contributed by atoms with Gasteiger partial charge in [-0.15, -0.1) is 0 Å². The number of rotatable bonds is 6. The molecule has 2 atom stereocenters. The van der Waals surface area contributed by atoms with Gasteiger partial charge in [-0.05, 0) is 62.9 Å². The number of nitrogens with zero attached hydrogens (tertiary/aromatic N) is 3. The summed E-state index contributed by atoms with van der Waals surface area (Å²) in [6, 6.07) is 9.00. The number of hydrogen-bond acceptors (Lipinski definition) is 4. The number of carbonyl (C=O) groups excluding carboxylic acids is 1. The summed E-state index contributed by atoms with van der Waals surface area (Å²) in [6.07, 6.45) is 4.41. The minimum absolute atomic E-state index is 0.0793. The van der Waals surface area contributed by atoms with Crippen LogP contribution in [0.25, 0.3) is 0 Å². The number of piperidine rings is 2. The Kier molecular flexibility index (Phi) is 8.99. The fourth-order valence-electron chi connectivity index (χ4n) is 4.82. The molecular weight excluding hydrogens is 412 g/mol. The van der Waals surface area contributed by atoms with Gasteiger partial charge in [-0.2, -0.15) is 0 Å². The van der Waals surface area contributed by atoms with Crippen LogP contribution in [0.5, 0.6) is 0 Å². The van der Waals surface area contributed by atoms with E-state index in [1.807, 2.05) is 19.2 Å². The summed E-state index contributed by atoms with van der Waals surface area (Å²) in [4.78, 5) is 20.7. The first kappa shape index (κ1) is 23.8. The molecule has 2 aliphatic heterocycles. The summed E-state index contributed by atoms with van der Waals surface area (Å²) in [5, 5.41) is 10.7. The smallest absolute Gasteiger partial charge is 0.233 e. The van der Waals surface area contributed by atoms with Crippen LogP contribution in [-0.2, 0) is 4.79 Å². The Labute approximate surface area is 191 Å². The van der Waals surface area contributed by atoms with Crippen molar-refractivity contribution in [3.05, 3.63) is 34.9 Å². The average Bonchev–Trinajstić information content (AvgIpc) is 2.77. The van der Waals surface area contributed by atoms with Gasteiger partial charge in [0.1, 0.15) is 0 Å². The van der Waals surface area contributed by atoms with Crippen LogP contribution in [0.3, 0.4) is 0 Å². The molecule has 2 fully saturated rings. The molecule has 1 amide bonds. The maximum Gasteiger partial charge on any atom is 0.233 e. The summed E-state index contributed by atoms with van der Waals surface area (Å²) in [5.41, 5.74) is 1.29. The van der Waals surface area contributed by atoms with Gasteiger partial charge in [0.05, 0.1) is 6.54 Å². The second kappa shape index (κ2) is 11.7. The van der Waals surface area contributed by atoms with Crippen LogP contribution in [0.15, 0.2) is 29.3 Å². The minimum Gasteiger partial charge on any atom is -0.358 e. The number of aliphatic imine (C=N–C) groups is 1. The molecule has 1 aromatic rings. The SMILES string of the molecule is CN=C(NCC1CCCN(C)C1c1cccc(Cl)c1)NC1CCN(CC(=O)NC)CC1. The number of amides is 1. The Balaban J connectivity index is 1.52. The largest absolute Gasteiger partial charge is 0.358 e. The molecule has 1 aromatic carbocycles. The Hall–Kier alpha value is -1.83. The molecule has 7 nitrogen and oxygen atoms in total. The number of halogens is 1. The second-order valence-electron chi connectivity index (χ2n) is 8.70. The summed E-state index contributed by atoms with van der Waals surface area (Å²) in [7, 11) is 5.72. The maximum atomic E-state index is 11.6. The van der Waals surface area contributed by atoms with E-state index in [9.17, 15) is 4.79 Å². The maximum absolute atomic E-state index is 11.6. The normalized spacial score (nSPS) is 24.1.